The molecule has 1 rings (SSSR count). The maximum absolute atomic E-state index is 6.26. The van der Waals surface area contributed by atoms with Crippen molar-refractivity contribution < 1.29 is 0 Å². The van der Waals surface area contributed by atoms with Crippen LogP contribution in [0.3, 0.4) is 0 Å². The monoisotopic (exact) mass is 268 g/mol. The van der Waals surface area contributed by atoms with Crippen LogP contribution in [0.25, 0.3) is 0 Å². The van der Waals surface area contributed by atoms with Gasteiger partial charge in [-0.25, -0.2) is 0 Å². The molecule has 0 bridgehead atoms. The summed E-state index contributed by atoms with van der Waals surface area (Å²) in [6.45, 7) is 13.7. The number of hydrogen-bond acceptors (Lipinski definition) is 2. The first-order chi connectivity index (χ1) is 8.96. The van der Waals surface area contributed by atoms with E-state index in [4.69, 9.17) is 5.73 Å². The molecule has 2 heteroatoms. The topological polar surface area (TPSA) is 29.3 Å². The van der Waals surface area contributed by atoms with Crippen molar-refractivity contribution in [2.24, 2.45) is 17.6 Å². The Balaban J connectivity index is 2.83. The number of rotatable bonds is 6. The van der Waals surface area contributed by atoms with Crippen molar-refractivity contribution in [2.75, 3.05) is 13.1 Å². The Kier molecular flexibility index (Phi) is 6.82. The van der Waals surface area contributed by atoms with Gasteiger partial charge in [-0.1, -0.05) is 33.6 Å². The van der Waals surface area contributed by atoms with Crippen LogP contribution in [0.1, 0.15) is 73.1 Å². The molecule has 1 saturated carbocycles. The molecule has 1 aliphatic carbocycles. The molecular weight excluding hydrogens is 232 g/mol. The van der Waals surface area contributed by atoms with Gasteiger partial charge in [0, 0.05) is 18.1 Å². The maximum atomic E-state index is 6.26. The summed E-state index contributed by atoms with van der Waals surface area (Å²) in [6.07, 6.45) is 7.94. The lowest BCUT2D eigenvalue weighted by Gasteiger charge is -2.46. The first-order valence-electron chi connectivity index (χ1n) is 8.43. The van der Waals surface area contributed by atoms with E-state index in [2.05, 4.69) is 39.5 Å². The summed E-state index contributed by atoms with van der Waals surface area (Å²) in [4.78, 5) is 2.70. The molecule has 114 valence electrons. The molecule has 2 atom stereocenters. The minimum absolute atomic E-state index is 0.272. The Morgan fingerprint density at radius 3 is 2.32 bits per heavy atom. The second-order valence-electron chi connectivity index (χ2n) is 7.15. The standard InChI is InChI=1S/C17H36N2/c1-6-12-19(15(4)5)17(13-18)10-7-8-16(9-11-17)14(2)3/h14-16H,6-13,18H2,1-5H3. The molecule has 0 aliphatic heterocycles. The Morgan fingerprint density at radius 1 is 1.16 bits per heavy atom. The first-order valence-corrected chi connectivity index (χ1v) is 8.43. The number of hydrogen-bond donors (Lipinski definition) is 1. The Labute approximate surface area is 121 Å². The third kappa shape index (κ3) is 4.19. The molecular formula is C17H36N2. The molecule has 19 heavy (non-hydrogen) atoms. The fourth-order valence-electron chi connectivity index (χ4n) is 3.98. The zero-order chi connectivity index (χ0) is 14.5. The zero-order valence-corrected chi connectivity index (χ0v) is 13.9. The fraction of sp³-hybridized carbons (Fsp3) is 1.00. The average Bonchev–Trinajstić information content (AvgIpc) is 2.58. The van der Waals surface area contributed by atoms with Crippen LogP contribution in [-0.4, -0.2) is 29.6 Å². The minimum Gasteiger partial charge on any atom is -0.329 e. The number of nitrogens with two attached hydrogens (primary N) is 1. The molecule has 0 aromatic heterocycles. The highest BCUT2D eigenvalue weighted by atomic mass is 15.2. The molecule has 2 unspecified atom stereocenters. The van der Waals surface area contributed by atoms with Crippen molar-refractivity contribution >= 4 is 0 Å². The predicted molar refractivity (Wildman–Crippen MR) is 85.3 cm³/mol. The van der Waals surface area contributed by atoms with Crippen molar-refractivity contribution in [3.05, 3.63) is 0 Å². The summed E-state index contributed by atoms with van der Waals surface area (Å²) in [5.41, 5.74) is 6.53. The predicted octanol–water partition coefficient (Wildman–Crippen LogP) is 4.04. The third-order valence-corrected chi connectivity index (χ3v) is 5.22. The molecule has 2 N–H and O–H groups in total. The van der Waals surface area contributed by atoms with Crippen LogP contribution in [0.5, 0.6) is 0 Å². The molecule has 1 aliphatic rings. The van der Waals surface area contributed by atoms with Crippen molar-refractivity contribution in [1.82, 2.24) is 4.90 Å². The summed E-state index contributed by atoms with van der Waals surface area (Å²) in [7, 11) is 0. The van der Waals surface area contributed by atoms with Crippen molar-refractivity contribution in [2.45, 2.75) is 84.7 Å². The highest BCUT2D eigenvalue weighted by Crippen LogP contribution is 2.37. The van der Waals surface area contributed by atoms with E-state index >= 15 is 0 Å². The molecule has 1 fully saturated rings. The second-order valence-corrected chi connectivity index (χ2v) is 7.15. The third-order valence-electron chi connectivity index (χ3n) is 5.22. The quantitative estimate of drug-likeness (QED) is 0.737. The highest BCUT2D eigenvalue weighted by molar-refractivity contribution is 4.95. The zero-order valence-electron chi connectivity index (χ0n) is 13.9. The average molecular weight is 268 g/mol. The van der Waals surface area contributed by atoms with E-state index in [0.717, 1.165) is 18.4 Å². The van der Waals surface area contributed by atoms with E-state index in [1.165, 1.54) is 45.1 Å². The normalized spacial score (nSPS) is 29.2. The molecule has 0 spiro atoms. The SMILES string of the molecule is CCCN(C(C)C)C1(CN)CCCC(C(C)C)CC1. The molecule has 0 heterocycles. The van der Waals surface area contributed by atoms with Gasteiger partial charge in [0.05, 0.1) is 0 Å². The lowest BCUT2D eigenvalue weighted by Crippen LogP contribution is -2.56. The lowest BCUT2D eigenvalue weighted by molar-refractivity contribution is 0.0464. The minimum atomic E-state index is 0.272. The van der Waals surface area contributed by atoms with Gasteiger partial charge in [-0.05, 0) is 57.9 Å². The van der Waals surface area contributed by atoms with Gasteiger partial charge in [0.1, 0.15) is 0 Å². The first kappa shape index (κ1) is 17.0. The Bertz CT molecular complexity index is 250. The Morgan fingerprint density at radius 2 is 1.84 bits per heavy atom. The molecule has 2 nitrogen and oxygen atoms in total. The van der Waals surface area contributed by atoms with Gasteiger partial charge in [-0.3, -0.25) is 4.90 Å². The lowest BCUT2D eigenvalue weighted by atomic mass is 9.84. The van der Waals surface area contributed by atoms with Crippen molar-refractivity contribution in [3.63, 3.8) is 0 Å². The van der Waals surface area contributed by atoms with E-state index < -0.39 is 0 Å². The molecule has 0 saturated heterocycles. The van der Waals surface area contributed by atoms with Gasteiger partial charge in [-0.15, -0.1) is 0 Å². The molecule has 0 radical (unpaired) electrons. The van der Waals surface area contributed by atoms with Gasteiger partial charge in [-0.2, -0.15) is 0 Å². The van der Waals surface area contributed by atoms with E-state index in [0.29, 0.717) is 6.04 Å². The summed E-state index contributed by atoms with van der Waals surface area (Å²) < 4.78 is 0. The highest BCUT2D eigenvalue weighted by Gasteiger charge is 2.38. The van der Waals surface area contributed by atoms with Crippen LogP contribution in [0, 0.1) is 11.8 Å². The van der Waals surface area contributed by atoms with Crippen LogP contribution in [0.4, 0.5) is 0 Å². The summed E-state index contributed by atoms with van der Waals surface area (Å²) in [5.74, 6) is 1.73. The Hall–Kier alpha value is -0.0800. The van der Waals surface area contributed by atoms with Crippen molar-refractivity contribution in [3.8, 4) is 0 Å². The van der Waals surface area contributed by atoms with E-state index in [1.807, 2.05) is 0 Å². The van der Waals surface area contributed by atoms with Gasteiger partial charge < -0.3 is 5.73 Å². The van der Waals surface area contributed by atoms with Gasteiger partial charge in [0.2, 0.25) is 0 Å². The fourth-order valence-corrected chi connectivity index (χ4v) is 3.98. The summed E-state index contributed by atoms with van der Waals surface area (Å²) >= 11 is 0. The second kappa shape index (κ2) is 7.64. The van der Waals surface area contributed by atoms with E-state index in [9.17, 15) is 0 Å². The molecule has 0 aromatic carbocycles. The maximum Gasteiger partial charge on any atom is 0.0334 e. The number of nitrogens with zero attached hydrogens (tertiary/aromatic N) is 1. The van der Waals surface area contributed by atoms with Crippen LogP contribution in [0.15, 0.2) is 0 Å². The van der Waals surface area contributed by atoms with E-state index in [-0.39, 0.29) is 5.54 Å². The molecule has 0 aromatic rings. The molecule has 0 amide bonds. The van der Waals surface area contributed by atoms with Gasteiger partial charge in [0.25, 0.3) is 0 Å². The van der Waals surface area contributed by atoms with Crippen LogP contribution >= 0.6 is 0 Å². The smallest absolute Gasteiger partial charge is 0.0334 e. The van der Waals surface area contributed by atoms with Crippen LogP contribution < -0.4 is 5.73 Å². The summed E-state index contributed by atoms with van der Waals surface area (Å²) in [6, 6.07) is 0.610. The summed E-state index contributed by atoms with van der Waals surface area (Å²) in [5, 5.41) is 0. The van der Waals surface area contributed by atoms with Crippen LogP contribution in [-0.2, 0) is 0 Å². The van der Waals surface area contributed by atoms with E-state index in [1.54, 1.807) is 0 Å². The largest absolute Gasteiger partial charge is 0.329 e. The van der Waals surface area contributed by atoms with Gasteiger partial charge in [0.15, 0.2) is 0 Å². The van der Waals surface area contributed by atoms with Crippen molar-refractivity contribution in [1.29, 1.82) is 0 Å². The van der Waals surface area contributed by atoms with Crippen LogP contribution in [0.2, 0.25) is 0 Å². The van der Waals surface area contributed by atoms with Gasteiger partial charge >= 0.3 is 0 Å².